The molecule has 1 aliphatic rings. The Labute approximate surface area is 109 Å². The fourth-order valence-electron chi connectivity index (χ4n) is 2.24. The molecule has 1 aromatic carbocycles. The molecule has 1 aliphatic heterocycles. The summed E-state index contributed by atoms with van der Waals surface area (Å²) in [5.41, 5.74) is 1.79. The van der Waals surface area contributed by atoms with Crippen LogP contribution < -0.4 is 5.32 Å². The highest BCUT2D eigenvalue weighted by Crippen LogP contribution is 2.11. The van der Waals surface area contributed by atoms with Crippen LogP contribution in [0.25, 0.3) is 0 Å². The van der Waals surface area contributed by atoms with Gasteiger partial charge in [0.2, 0.25) is 0 Å². The summed E-state index contributed by atoms with van der Waals surface area (Å²) < 4.78 is 5.29. The van der Waals surface area contributed by atoms with Crippen LogP contribution in [-0.4, -0.2) is 25.2 Å². The van der Waals surface area contributed by atoms with E-state index in [0.717, 1.165) is 18.5 Å². The van der Waals surface area contributed by atoms with Crippen LogP contribution >= 0.6 is 0 Å². The first-order valence-electron chi connectivity index (χ1n) is 6.73. The number of carbonyl (C=O) groups is 1. The molecule has 0 aromatic heterocycles. The Morgan fingerprint density at radius 1 is 1.33 bits per heavy atom. The molecular weight excluding hydrogens is 226 g/mol. The molecule has 1 fully saturated rings. The summed E-state index contributed by atoms with van der Waals surface area (Å²) in [5, 5.41) is 3.45. The van der Waals surface area contributed by atoms with Gasteiger partial charge in [-0.2, -0.15) is 0 Å². The number of piperidine rings is 1. The summed E-state index contributed by atoms with van der Waals surface area (Å²) >= 11 is 0. The van der Waals surface area contributed by atoms with Crippen molar-refractivity contribution in [2.45, 2.75) is 38.6 Å². The minimum Gasteiger partial charge on any atom is -0.462 e. The van der Waals surface area contributed by atoms with Crippen molar-refractivity contribution in [3.8, 4) is 0 Å². The maximum Gasteiger partial charge on any atom is 0.338 e. The Bertz CT molecular complexity index is 380. The van der Waals surface area contributed by atoms with Gasteiger partial charge >= 0.3 is 5.97 Å². The number of esters is 1. The van der Waals surface area contributed by atoms with E-state index in [1.807, 2.05) is 31.2 Å². The van der Waals surface area contributed by atoms with Gasteiger partial charge in [-0.3, -0.25) is 0 Å². The third-order valence-corrected chi connectivity index (χ3v) is 3.40. The van der Waals surface area contributed by atoms with E-state index < -0.39 is 0 Å². The molecular formula is C15H21NO2. The normalized spacial score (nSPS) is 19.5. The van der Waals surface area contributed by atoms with Crippen LogP contribution in [0.1, 0.15) is 41.6 Å². The third kappa shape index (κ3) is 3.84. The number of hydrogen-bond acceptors (Lipinski definition) is 3. The van der Waals surface area contributed by atoms with E-state index >= 15 is 0 Å². The summed E-state index contributed by atoms with van der Waals surface area (Å²) in [6.45, 7) is 3.60. The van der Waals surface area contributed by atoms with Crippen LogP contribution in [0.15, 0.2) is 24.3 Å². The molecule has 0 spiro atoms. The van der Waals surface area contributed by atoms with Crippen molar-refractivity contribution in [2.24, 2.45) is 0 Å². The van der Waals surface area contributed by atoms with Crippen molar-refractivity contribution in [1.82, 2.24) is 5.32 Å². The zero-order valence-corrected chi connectivity index (χ0v) is 10.9. The fourth-order valence-corrected chi connectivity index (χ4v) is 2.24. The molecule has 3 nitrogen and oxygen atoms in total. The molecule has 1 unspecified atom stereocenters. The van der Waals surface area contributed by atoms with Crippen LogP contribution in [0.2, 0.25) is 0 Å². The molecule has 0 amide bonds. The standard InChI is InChI=1S/C15H21NO2/c1-12-5-7-13(8-6-12)15(17)18-11-9-14-4-2-3-10-16-14/h5-8,14,16H,2-4,9-11H2,1H3. The summed E-state index contributed by atoms with van der Waals surface area (Å²) in [4.78, 5) is 11.8. The summed E-state index contributed by atoms with van der Waals surface area (Å²) in [6, 6.07) is 8.01. The second-order valence-electron chi connectivity index (χ2n) is 4.94. The largest absolute Gasteiger partial charge is 0.462 e. The zero-order chi connectivity index (χ0) is 12.8. The van der Waals surface area contributed by atoms with Gasteiger partial charge in [0.25, 0.3) is 0 Å². The maximum atomic E-state index is 11.8. The lowest BCUT2D eigenvalue weighted by Crippen LogP contribution is -2.35. The predicted octanol–water partition coefficient (Wildman–Crippen LogP) is 2.68. The molecule has 1 atom stereocenters. The maximum absolute atomic E-state index is 11.8. The van der Waals surface area contributed by atoms with Gasteiger partial charge in [0, 0.05) is 6.04 Å². The summed E-state index contributed by atoms with van der Waals surface area (Å²) in [6.07, 6.45) is 4.66. The van der Waals surface area contributed by atoms with E-state index in [1.54, 1.807) is 0 Å². The average Bonchev–Trinajstić information content (AvgIpc) is 2.40. The monoisotopic (exact) mass is 247 g/mol. The molecule has 2 rings (SSSR count). The lowest BCUT2D eigenvalue weighted by Gasteiger charge is -2.23. The van der Waals surface area contributed by atoms with Gasteiger partial charge in [-0.25, -0.2) is 4.79 Å². The molecule has 18 heavy (non-hydrogen) atoms. The number of carbonyl (C=O) groups excluding carboxylic acids is 1. The molecule has 0 radical (unpaired) electrons. The topological polar surface area (TPSA) is 38.3 Å². The summed E-state index contributed by atoms with van der Waals surface area (Å²) in [7, 11) is 0. The number of hydrogen-bond donors (Lipinski definition) is 1. The molecule has 3 heteroatoms. The van der Waals surface area contributed by atoms with Crippen molar-refractivity contribution in [3.63, 3.8) is 0 Å². The minimum atomic E-state index is -0.217. The van der Waals surface area contributed by atoms with Gasteiger partial charge in [-0.15, -0.1) is 0 Å². The highest BCUT2D eigenvalue weighted by atomic mass is 16.5. The molecule has 0 saturated carbocycles. The molecule has 1 saturated heterocycles. The van der Waals surface area contributed by atoms with Crippen LogP contribution in [0.3, 0.4) is 0 Å². The van der Waals surface area contributed by atoms with E-state index in [9.17, 15) is 4.79 Å². The lowest BCUT2D eigenvalue weighted by atomic mass is 10.0. The highest BCUT2D eigenvalue weighted by Gasteiger charge is 2.13. The van der Waals surface area contributed by atoms with Crippen molar-refractivity contribution < 1.29 is 9.53 Å². The average molecular weight is 247 g/mol. The van der Waals surface area contributed by atoms with E-state index in [1.165, 1.54) is 19.3 Å². The van der Waals surface area contributed by atoms with Gasteiger partial charge in [-0.1, -0.05) is 24.1 Å². The number of nitrogens with one attached hydrogen (secondary N) is 1. The molecule has 1 aromatic rings. The van der Waals surface area contributed by atoms with Crippen LogP contribution in [-0.2, 0) is 4.74 Å². The van der Waals surface area contributed by atoms with E-state index in [0.29, 0.717) is 18.2 Å². The molecule has 0 bridgehead atoms. The third-order valence-electron chi connectivity index (χ3n) is 3.40. The number of aryl methyl sites for hydroxylation is 1. The number of benzene rings is 1. The van der Waals surface area contributed by atoms with E-state index in [4.69, 9.17) is 4.74 Å². The summed E-state index contributed by atoms with van der Waals surface area (Å²) in [5.74, 6) is -0.217. The van der Waals surface area contributed by atoms with Crippen molar-refractivity contribution >= 4 is 5.97 Å². The SMILES string of the molecule is Cc1ccc(C(=O)OCCC2CCCCN2)cc1. The Morgan fingerprint density at radius 3 is 2.78 bits per heavy atom. The van der Waals surface area contributed by atoms with Gasteiger partial charge in [0.15, 0.2) is 0 Å². The lowest BCUT2D eigenvalue weighted by molar-refractivity contribution is 0.0486. The first-order chi connectivity index (χ1) is 8.75. The zero-order valence-electron chi connectivity index (χ0n) is 10.9. The Morgan fingerprint density at radius 2 is 2.11 bits per heavy atom. The van der Waals surface area contributed by atoms with Gasteiger partial charge < -0.3 is 10.1 Å². The van der Waals surface area contributed by atoms with Crippen LogP contribution in [0, 0.1) is 6.92 Å². The Kier molecular flexibility index (Phi) is 4.76. The number of rotatable bonds is 4. The van der Waals surface area contributed by atoms with Crippen LogP contribution in [0.4, 0.5) is 0 Å². The second-order valence-corrected chi connectivity index (χ2v) is 4.94. The van der Waals surface area contributed by atoms with Gasteiger partial charge in [0.05, 0.1) is 12.2 Å². The highest BCUT2D eigenvalue weighted by molar-refractivity contribution is 5.89. The van der Waals surface area contributed by atoms with Crippen molar-refractivity contribution in [1.29, 1.82) is 0 Å². The first-order valence-corrected chi connectivity index (χ1v) is 6.73. The Balaban J connectivity index is 1.72. The number of ether oxygens (including phenoxy) is 1. The van der Waals surface area contributed by atoms with E-state index in [2.05, 4.69) is 5.32 Å². The molecule has 1 N–H and O–H groups in total. The first kappa shape index (κ1) is 13.1. The molecule has 98 valence electrons. The molecule has 0 aliphatic carbocycles. The second kappa shape index (κ2) is 6.55. The van der Waals surface area contributed by atoms with Gasteiger partial charge in [0.1, 0.15) is 0 Å². The van der Waals surface area contributed by atoms with Gasteiger partial charge in [-0.05, 0) is 44.9 Å². The smallest absolute Gasteiger partial charge is 0.338 e. The fraction of sp³-hybridized carbons (Fsp3) is 0.533. The molecule has 1 heterocycles. The predicted molar refractivity (Wildman–Crippen MR) is 71.7 cm³/mol. The van der Waals surface area contributed by atoms with Crippen LogP contribution in [0.5, 0.6) is 0 Å². The van der Waals surface area contributed by atoms with E-state index in [-0.39, 0.29) is 5.97 Å². The van der Waals surface area contributed by atoms with Crippen molar-refractivity contribution in [2.75, 3.05) is 13.2 Å². The minimum absolute atomic E-state index is 0.217. The van der Waals surface area contributed by atoms with Crippen molar-refractivity contribution in [3.05, 3.63) is 35.4 Å². The Hall–Kier alpha value is -1.35. The quantitative estimate of drug-likeness (QED) is 0.831.